The van der Waals surface area contributed by atoms with Crippen LogP contribution in [0.3, 0.4) is 0 Å². The number of carbonyl (C=O) groups excluding carboxylic acids is 1. The minimum atomic E-state index is -0.778. The fourth-order valence-electron chi connectivity index (χ4n) is 2.92. The molecule has 1 aliphatic rings. The van der Waals surface area contributed by atoms with Crippen LogP contribution in [0.15, 0.2) is 24.3 Å². The van der Waals surface area contributed by atoms with Gasteiger partial charge in [0.2, 0.25) is 5.91 Å². The van der Waals surface area contributed by atoms with E-state index in [1.165, 1.54) is 31.4 Å². The van der Waals surface area contributed by atoms with E-state index in [0.717, 1.165) is 18.4 Å². The summed E-state index contributed by atoms with van der Waals surface area (Å²) in [4.78, 5) is 11.9. The number of hydrogen-bond acceptors (Lipinski definition) is 2. The summed E-state index contributed by atoms with van der Waals surface area (Å²) in [6.45, 7) is 1.84. The Morgan fingerprint density at radius 1 is 1.30 bits per heavy atom. The highest BCUT2D eigenvalue weighted by Crippen LogP contribution is 2.22. The molecule has 0 aliphatic heterocycles. The topological polar surface area (TPSA) is 55.1 Å². The van der Waals surface area contributed by atoms with Crippen molar-refractivity contribution >= 4 is 5.91 Å². The monoisotopic (exact) mass is 278 g/mol. The van der Waals surface area contributed by atoms with Gasteiger partial charge in [-0.1, -0.05) is 31.4 Å². The van der Waals surface area contributed by atoms with E-state index in [9.17, 15) is 9.18 Å². The SMILES string of the molecule is CC(Cc1ccc(F)cc1)(NC1CCCCC1)C(N)=O. The Bertz CT molecular complexity index is 454. The van der Waals surface area contributed by atoms with Crippen LogP contribution < -0.4 is 11.1 Å². The summed E-state index contributed by atoms with van der Waals surface area (Å²) < 4.78 is 12.9. The molecule has 2 rings (SSSR count). The maximum atomic E-state index is 12.9. The lowest BCUT2D eigenvalue weighted by molar-refractivity contribution is -0.124. The van der Waals surface area contributed by atoms with E-state index in [4.69, 9.17) is 5.73 Å². The largest absolute Gasteiger partial charge is 0.368 e. The van der Waals surface area contributed by atoms with Crippen LogP contribution in [0.4, 0.5) is 4.39 Å². The molecule has 1 fully saturated rings. The van der Waals surface area contributed by atoms with E-state index < -0.39 is 5.54 Å². The van der Waals surface area contributed by atoms with Gasteiger partial charge in [0.25, 0.3) is 0 Å². The first-order valence-corrected chi connectivity index (χ1v) is 7.32. The predicted molar refractivity (Wildman–Crippen MR) is 77.7 cm³/mol. The highest BCUT2D eigenvalue weighted by Gasteiger charge is 2.33. The second kappa shape index (κ2) is 6.35. The van der Waals surface area contributed by atoms with E-state index in [1.807, 2.05) is 6.92 Å². The van der Waals surface area contributed by atoms with Gasteiger partial charge in [-0.15, -0.1) is 0 Å². The first-order valence-electron chi connectivity index (χ1n) is 7.32. The zero-order valence-electron chi connectivity index (χ0n) is 12.0. The Balaban J connectivity index is 2.07. The van der Waals surface area contributed by atoms with Crippen LogP contribution in [0.1, 0.15) is 44.6 Å². The van der Waals surface area contributed by atoms with Gasteiger partial charge >= 0.3 is 0 Å². The van der Waals surface area contributed by atoms with Crippen molar-refractivity contribution in [1.29, 1.82) is 0 Å². The van der Waals surface area contributed by atoms with Crippen molar-refractivity contribution in [2.75, 3.05) is 0 Å². The second-order valence-corrected chi connectivity index (χ2v) is 5.98. The summed E-state index contributed by atoms with van der Waals surface area (Å²) in [5, 5.41) is 3.43. The first kappa shape index (κ1) is 15.0. The lowest BCUT2D eigenvalue weighted by atomic mass is 9.87. The molecule has 3 nitrogen and oxygen atoms in total. The van der Waals surface area contributed by atoms with Crippen molar-refractivity contribution in [3.63, 3.8) is 0 Å². The van der Waals surface area contributed by atoms with E-state index in [1.54, 1.807) is 12.1 Å². The van der Waals surface area contributed by atoms with Crippen LogP contribution in [0.5, 0.6) is 0 Å². The lowest BCUT2D eigenvalue weighted by Gasteiger charge is -2.34. The zero-order valence-corrected chi connectivity index (χ0v) is 12.0. The fourth-order valence-corrected chi connectivity index (χ4v) is 2.92. The Morgan fingerprint density at radius 2 is 1.90 bits per heavy atom. The molecule has 3 N–H and O–H groups in total. The molecule has 1 aromatic carbocycles. The molecule has 0 aromatic heterocycles. The summed E-state index contributed by atoms with van der Waals surface area (Å²) in [5.41, 5.74) is 5.73. The summed E-state index contributed by atoms with van der Waals surface area (Å²) in [6.07, 6.45) is 6.33. The third-order valence-electron chi connectivity index (χ3n) is 4.14. The number of hydrogen-bond donors (Lipinski definition) is 2. The van der Waals surface area contributed by atoms with Gasteiger partial charge in [-0.3, -0.25) is 4.79 Å². The number of primary amides is 1. The number of nitrogens with two attached hydrogens (primary N) is 1. The molecule has 110 valence electrons. The van der Waals surface area contributed by atoms with Gasteiger partial charge in [-0.05, 0) is 43.9 Å². The molecule has 0 radical (unpaired) electrons. The number of nitrogens with one attached hydrogen (secondary N) is 1. The number of rotatable bonds is 5. The fraction of sp³-hybridized carbons (Fsp3) is 0.562. The van der Waals surface area contributed by atoms with Crippen molar-refractivity contribution in [2.45, 2.75) is 57.0 Å². The first-order chi connectivity index (χ1) is 9.49. The minimum Gasteiger partial charge on any atom is -0.368 e. The molecular formula is C16H23FN2O. The van der Waals surface area contributed by atoms with Crippen LogP contribution in [0.25, 0.3) is 0 Å². The zero-order chi connectivity index (χ0) is 14.6. The molecule has 1 unspecified atom stereocenters. The molecule has 1 aromatic rings. The third kappa shape index (κ3) is 3.79. The standard InChI is InChI=1S/C16H23FN2O/c1-16(15(18)20,19-14-5-3-2-4-6-14)11-12-7-9-13(17)10-8-12/h7-10,14,19H,2-6,11H2,1H3,(H2,18,20). The number of benzene rings is 1. The molecule has 4 heteroatoms. The van der Waals surface area contributed by atoms with Gasteiger partial charge in [0.15, 0.2) is 0 Å². The van der Waals surface area contributed by atoms with E-state index in [2.05, 4.69) is 5.32 Å². The molecular weight excluding hydrogens is 255 g/mol. The molecule has 1 aliphatic carbocycles. The maximum absolute atomic E-state index is 12.9. The van der Waals surface area contributed by atoms with Crippen molar-refractivity contribution in [1.82, 2.24) is 5.32 Å². The summed E-state index contributed by atoms with van der Waals surface area (Å²) >= 11 is 0. The van der Waals surface area contributed by atoms with Crippen molar-refractivity contribution in [3.05, 3.63) is 35.6 Å². The minimum absolute atomic E-state index is 0.269. The highest BCUT2D eigenvalue weighted by molar-refractivity contribution is 5.84. The maximum Gasteiger partial charge on any atom is 0.237 e. The molecule has 1 saturated carbocycles. The Kier molecular flexibility index (Phi) is 4.76. The van der Waals surface area contributed by atoms with Gasteiger partial charge in [-0.25, -0.2) is 4.39 Å². The van der Waals surface area contributed by atoms with E-state index >= 15 is 0 Å². The molecule has 1 atom stereocenters. The average Bonchev–Trinajstić information content (AvgIpc) is 2.42. The van der Waals surface area contributed by atoms with Crippen LogP contribution in [0, 0.1) is 5.82 Å². The third-order valence-corrected chi connectivity index (χ3v) is 4.14. The Hall–Kier alpha value is -1.42. The van der Waals surface area contributed by atoms with Crippen molar-refractivity contribution in [3.8, 4) is 0 Å². The quantitative estimate of drug-likeness (QED) is 0.869. The Morgan fingerprint density at radius 3 is 2.45 bits per heavy atom. The van der Waals surface area contributed by atoms with Gasteiger partial charge in [0.05, 0.1) is 5.54 Å². The molecule has 1 amide bonds. The van der Waals surface area contributed by atoms with Crippen molar-refractivity contribution < 1.29 is 9.18 Å². The lowest BCUT2D eigenvalue weighted by Crippen LogP contribution is -2.58. The summed E-state index contributed by atoms with van der Waals surface area (Å²) in [6, 6.07) is 6.59. The Labute approximate surface area is 119 Å². The molecule has 0 spiro atoms. The molecule has 20 heavy (non-hydrogen) atoms. The highest BCUT2D eigenvalue weighted by atomic mass is 19.1. The predicted octanol–water partition coefficient (Wildman–Crippen LogP) is 2.53. The van der Waals surface area contributed by atoms with Gasteiger partial charge in [0, 0.05) is 6.04 Å². The molecule has 0 bridgehead atoms. The van der Waals surface area contributed by atoms with Crippen LogP contribution in [-0.4, -0.2) is 17.5 Å². The van der Waals surface area contributed by atoms with Gasteiger partial charge in [0.1, 0.15) is 5.82 Å². The van der Waals surface area contributed by atoms with Gasteiger partial charge in [-0.2, -0.15) is 0 Å². The van der Waals surface area contributed by atoms with Gasteiger partial charge < -0.3 is 11.1 Å². The number of carbonyl (C=O) groups is 1. The van der Waals surface area contributed by atoms with Crippen molar-refractivity contribution in [2.24, 2.45) is 5.73 Å². The molecule has 0 heterocycles. The normalized spacial score (nSPS) is 19.5. The van der Waals surface area contributed by atoms with E-state index in [-0.39, 0.29) is 11.7 Å². The summed E-state index contributed by atoms with van der Waals surface area (Å²) in [7, 11) is 0. The smallest absolute Gasteiger partial charge is 0.237 e. The number of halogens is 1. The summed E-state index contributed by atoms with van der Waals surface area (Å²) in [5.74, 6) is -0.623. The molecule has 0 saturated heterocycles. The number of amides is 1. The van der Waals surface area contributed by atoms with Crippen LogP contribution >= 0.6 is 0 Å². The second-order valence-electron chi connectivity index (χ2n) is 5.98. The van der Waals surface area contributed by atoms with Crippen LogP contribution in [-0.2, 0) is 11.2 Å². The van der Waals surface area contributed by atoms with Crippen LogP contribution in [0.2, 0.25) is 0 Å². The average molecular weight is 278 g/mol. The van der Waals surface area contributed by atoms with E-state index in [0.29, 0.717) is 12.5 Å².